The van der Waals surface area contributed by atoms with Crippen molar-refractivity contribution in [1.82, 2.24) is 4.31 Å². The highest BCUT2D eigenvalue weighted by atomic mass is 35.5. The lowest BCUT2D eigenvalue weighted by Gasteiger charge is -2.19. The molecule has 0 saturated heterocycles. The van der Waals surface area contributed by atoms with Gasteiger partial charge in [0.2, 0.25) is 15.9 Å². The lowest BCUT2D eigenvalue weighted by molar-refractivity contribution is -0.115. The standard InChI is InChI=1S/C19H21ClN2O5S2/c1-12(28-14-5-7-16-17(11-14)27-9-8-26-16)19(23)21-13-4-6-15(20)18(10-13)29(24,25)22(2)3/h4-7,10-12H,8-9H2,1-3H3,(H,21,23). The molecule has 1 aliphatic rings. The fourth-order valence-corrected chi connectivity index (χ4v) is 4.86. The lowest BCUT2D eigenvalue weighted by atomic mass is 10.3. The van der Waals surface area contributed by atoms with Gasteiger partial charge in [-0.15, -0.1) is 11.8 Å². The number of benzene rings is 2. The number of ether oxygens (including phenoxy) is 2. The monoisotopic (exact) mass is 456 g/mol. The van der Waals surface area contributed by atoms with E-state index in [0.29, 0.717) is 30.4 Å². The summed E-state index contributed by atoms with van der Waals surface area (Å²) in [4.78, 5) is 13.4. The minimum absolute atomic E-state index is 0.0610. The van der Waals surface area contributed by atoms with Crippen LogP contribution in [0.3, 0.4) is 0 Å². The van der Waals surface area contributed by atoms with Crippen LogP contribution >= 0.6 is 23.4 Å². The van der Waals surface area contributed by atoms with E-state index in [1.54, 1.807) is 13.0 Å². The van der Waals surface area contributed by atoms with Gasteiger partial charge < -0.3 is 14.8 Å². The molecule has 7 nitrogen and oxygen atoms in total. The summed E-state index contributed by atoms with van der Waals surface area (Å²) in [6.07, 6.45) is 0. The Hall–Kier alpha value is -1.94. The second-order valence-electron chi connectivity index (χ2n) is 6.49. The van der Waals surface area contributed by atoms with Crippen LogP contribution in [0.5, 0.6) is 11.5 Å². The van der Waals surface area contributed by atoms with E-state index in [4.69, 9.17) is 21.1 Å². The molecular weight excluding hydrogens is 436 g/mol. The molecule has 2 aromatic carbocycles. The summed E-state index contributed by atoms with van der Waals surface area (Å²) < 4.78 is 36.9. The molecule has 1 atom stereocenters. The van der Waals surface area contributed by atoms with Crippen molar-refractivity contribution in [1.29, 1.82) is 0 Å². The number of anilines is 1. The number of hydrogen-bond donors (Lipinski definition) is 1. The van der Waals surface area contributed by atoms with Crippen LogP contribution in [0.2, 0.25) is 5.02 Å². The zero-order chi connectivity index (χ0) is 21.2. The molecule has 1 heterocycles. The number of rotatable bonds is 6. The van der Waals surface area contributed by atoms with Gasteiger partial charge >= 0.3 is 0 Å². The Bertz CT molecular complexity index is 1030. The maximum atomic E-state index is 12.6. The Labute approximate surface area is 179 Å². The second-order valence-corrected chi connectivity index (χ2v) is 10.4. The number of amides is 1. The molecule has 1 N–H and O–H groups in total. The maximum absolute atomic E-state index is 12.6. The molecule has 29 heavy (non-hydrogen) atoms. The van der Waals surface area contributed by atoms with Crippen molar-refractivity contribution in [2.24, 2.45) is 0 Å². The topological polar surface area (TPSA) is 84.9 Å². The molecule has 0 aromatic heterocycles. The number of nitrogens with zero attached hydrogens (tertiary/aromatic N) is 1. The van der Waals surface area contributed by atoms with Crippen molar-refractivity contribution < 1.29 is 22.7 Å². The number of fused-ring (bicyclic) bond motifs is 1. The van der Waals surface area contributed by atoms with E-state index in [2.05, 4.69) is 5.32 Å². The average Bonchev–Trinajstić information content (AvgIpc) is 2.69. The summed E-state index contributed by atoms with van der Waals surface area (Å²) in [5.41, 5.74) is 0.356. The van der Waals surface area contributed by atoms with E-state index in [0.717, 1.165) is 9.20 Å². The first kappa shape index (κ1) is 21.8. The molecule has 156 valence electrons. The van der Waals surface area contributed by atoms with Crippen LogP contribution in [0.15, 0.2) is 46.2 Å². The highest BCUT2D eigenvalue weighted by Gasteiger charge is 2.22. The molecule has 0 fully saturated rings. The number of carbonyl (C=O) groups excluding carboxylic acids is 1. The number of thioether (sulfide) groups is 1. The molecule has 1 unspecified atom stereocenters. The number of sulfonamides is 1. The van der Waals surface area contributed by atoms with Crippen LogP contribution in [-0.2, 0) is 14.8 Å². The van der Waals surface area contributed by atoms with Crippen LogP contribution in [0, 0.1) is 0 Å². The Morgan fingerprint density at radius 2 is 1.83 bits per heavy atom. The maximum Gasteiger partial charge on any atom is 0.244 e. The quantitative estimate of drug-likeness (QED) is 0.670. The highest BCUT2D eigenvalue weighted by Crippen LogP contribution is 2.36. The molecule has 0 aliphatic carbocycles. The van der Waals surface area contributed by atoms with Crippen LogP contribution in [-0.4, -0.2) is 51.2 Å². The molecule has 3 rings (SSSR count). The van der Waals surface area contributed by atoms with Crippen LogP contribution < -0.4 is 14.8 Å². The van der Waals surface area contributed by atoms with Gasteiger partial charge in [0.1, 0.15) is 18.1 Å². The molecule has 1 amide bonds. The third-order valence-electron chi connectivity index (χ3n) is 4.15. The van der Waals surface area contributed by atoms with Gasteiger partial charge in [0.15, 0.2) is 11.5 Å². The summed E-state index contributed by atoms with van der Waals surface area (Å²) >= 11 is 7.41. The van der Waals surface area contributed by atoms with E-state index in [1.165, 1.54) is 38.0 Å². The lowest BCUT2D eigenvalue weighted by Crippen LogP contribution is -2.24. The van der Waals surface area contributed by atoms with Gasteiger partial charge in [0, 0.05) is 24.7 Å². The Morgan fingerprint density at radius 3 is 2.52 bits per heavy atom. The van der Waals surface area contributed by atoms with Crippen molar-refractivity contribution in [3.8, 4) is 11.5 Å². The predicted molar refractivity (Wildman–Crippen MR) is 114 cm³/mol. The number of hydrogen-bond acceptors (Lipinski definition) is 6. The molecule has 0 spiro atoms. The first-order valence-corrected chi connectivity index (χ1v) is 11.5. The van der Waals surface area contributed by atoms with Crippen molar-refractivity contribution >= 4 is 45.0 Å². The third-order valence-corrected chi connectivity index (χ3v) is 7.54. The molecule has 1 aliphatic heterocycles. The smallest absolute Gasteiger partial charge is 0.244 e. The first-order chi connectivity index (χ1) is 13.7. The summed E-state index contributed by atoms with van der Waals surface area (Å²) in [6.45, 7) is 2.78. The largest absolute Gasteiger partial charge is 0.486 e. The van der Waals surface area contributed by atoms with Gasteiger partial charge in [-0.25, -0.2) is 12.7 Å². The molecular formula is C19H21ClN2O5S2. The fraction of sp³-hybridized carbons (Fsp3) is 0.316. The van der Waals surface area contributed by atoms with Gasteiger partial charge in [0.25, 0.3) is 0 Å². The zero-order valence-electron chi connectivity index (χ0n) is 16.1. The molecule has 0 saturated carbocycles. The average molecular weight is 457 g/mol. The minimum Gasteiger partial charge on any atom is -0.486 e. The van der Waals surface area contributed by atoms with E-state index in [-0.39, 0.29) is 15.8 Å². The molecule has 0 radical (unpaired) electrons. The van der Waals surface area contributed by atoms with Crippen molar-refractivity contribution in [2.75, 3.05) is 32.6 Å². The number of nitrogens with one attached hydrogen (secondary N) is 1. The van der Waals surface area contributed by atoms with Crippen molar-refractivity contribution in [2.45, 2.75) is 22.0 Å². The van der Waals surface area contributed by atoms with Gasteiger partial charge in [0.05, 0.1) is 10.3 Å². The third kappa shape index (κ3) is 4.98. The Balaban J connectivity index is 1.71. The van der Waals surface area contributed by atoms with Gasteiger partial charge in [-0.3, -0.25) is 4.79 Å². The Kier molecular flexibility index (Phi) is 6.62. The SMILES string of the molecule is CC(Sc1ccc2c(c1)OCCO2)C(=O)Nc1ccc(Cl)c(S(=O)(=O)N(C)C)c1. The van der Waals surface area contributed by atoms with Crippen molar-refractivity contribution in [3.63, 3.8) is 0 Å². The number of carbonyl (C=O) groups is 1. The van der Waals surface area contributed by atoms with Gasteiger partial charge in [-0.05, 0) is 43.3 Å². The van der Waals surface area contributed by atoms with Gasteiger partial charge in [-0.2, -0.15) is 0 Å². The number of halogens is 1. The van der Waals surface area contributed by atoms with Crippen molar-refractivity contribution in [3.05, 3.63) is 41.4 Å². The molecule has 0 bridgehead atoms. The zero-order valence-corrected chi connectivity index (χ0v) is 18.5. The van der Waals surface area contributed by atoms with E-state index in [9.17, 15) is 13.2 Å². The normalized spacial score (nSPS) is 14.5. The highest BCUT2D eigenvalue weighted by molar-refractivity contribution is 8.00. The first-order valence-electron chi connectivity index (χ1n) is 8.78. The van der Waals surface area contributed by atoms with E-state index >= 15 is 0 Å². The summed E-state index contributed by atoms with van der Waals surface area (Å²) in [6, 6.07) is 9.90. The fourth-order valence-electron chi connectivity index (χ4n) is 2.57. The molecule has 2 aromatic rings. The summed E-state index contributed by atoms with van der Waals surface area (Å²) in [5, 5.41) is 2.41. The van der Waals surface area contributed by atoms with Crippen LogP contribution in [0.25, 0.3) is 0 Å². The van der Waals surface area contributed by atoms with E-state index < -0.39 is 15.3 Å². The summed E-state index contributed by atoms with van der Waals surface area (Å²) in [7, 11) is -0.885. The van der Waals surface area contributed by atoms with E-state index in [1.807, 2.05) is 18.2 Å². The predicted octanol–water partition coefficient (Wildman–Crippen LogP) is 3.48. The summed E-state index contributed by atoms with van der Waals surface area (Å²) in [5.74, 6) is 1.08. The Morgan fingerprint density at radius 1 is 1.14 bits per heavy atom. The minimum atomic E-state index is -3.72. The van der Waals surface area contributed by atoms with Crippen LogP contribution in [0.1, 0.15) is 6.92 Å². The van der Waals surface area contributed by atoms with Gasteiger partial charge in [-0.1, -0.05) is 11.6 Å². The van der Waals surface area contributed by atoms with Crippen LogP contribution in [0.4, 0.5) is 5.69 Å². The molecule has 10 heteroatoms. The second kappa shape index (κ2) is 8.83.